The van der Waals surface area contributed by atoms with E-state index >= 15 is 0 Å². The molecule has 0 saturated carbocycles. The molecule has 0 aromatic heterocycles. The number of nitrogens with zero attached hydrogens (tertiary/aromatic N) is 2. The maximum Gasteiger partial charge on any atom is 0.295 e. The molecule has 8 heteroatoms. The number of methoxy groups -OCH3 is 1. The van der Waals surface area contributed by atoms with E-state index in [2.05, 4.69) is 6.92 Å². The summed E-state index contributed by atoms with van der Waals surface area (Å²) in [5.74, 6) is -1.10. The van der Waals surface area contributed by atoms with E-state index in [1.165, 1.54) is 88.4 Å². The van der Waals surface area contributed by atoms with Crippen LogP contribution in [-0.2, 0) is 9.59 Å². The number of benzene rings is 2. The molecule has 0 spiro atoms. The highest BCUT2D eigenvalue weighted by Gasteiger charge is 2.45. The van der Waals surface area contributed by atoms with Crippen molar-refractivity contribution in [3.63, 3.8) is 0 Å². The molecular weight excluding hydrogens is 532 g/mol. The lowest BCUT2D eigenvalue weighted by molar-refractivity contribution is -0.384. The predicted molar refractivity (Wildman–Crippen MR) is 165 cm³/mol. The molecule has 2 aromatic carbocycles. The van der Waals surface area contributed by atoms with Crippen LogP contribution in [0.1, 0.15) is 114 Å². The number of ether oxygens (including phenoxy) is 1. The third kappa shape index (κ3) is 9.16. The maximum atomic E-state index is 13.2. The van der Waals surface area contributed by atoms with Gasteiger partial charge in [-0.25, -0.2) is 0 Å². The highest BCUT2D eigenvalue weighted by Crippen LogP contribution is 2.40. The van der Waals surface area contributed by atoms with Crippen LogP contribution in [0.25, 0.3) is 5.76 Å². The highest BCUT2D eigenvalue weighted by molar-refractivity contribution is 6.46. The van der Waals surface area contributed by atoms with Crippen LogP contribution >= 0.6 is 0 Å². The van der Waals surface area contributed by atoms with Gasteiger partial charge in [0.05, 0.1) is 23.6 Å². The number of hydrogen-bond donors (Lipinski definition) is 1. The first-order valence-electron chi connectivity index (χ1n) is 15.6. The topological polar surface area (TPSA) is 110 Å². The van der Waals surface area contributed by atoms with E-state index in [9.17, 15) is 24.8 Å². The standard InChI is InChI=1S/C34H46N2O6/c1-3-4-5-6-7-8-9-10-11-12-13-14-15-16-25-35-31(26-17-21-28(22-18-26)36(40)41)30(33(38)34(35)39)32(37)27-19-23-29(42-2)24-20-27/h17-24,31,37H,3-16,25H2,1-2H3/b32-30+/t31-/m1/s1. The molecule has 0 radical (unpaired) electrons. The van der Waals surface area contributed by atoms with Crippen molar-refractivity contribution in [1.29, 1.82) is 0 Å². The molecule has 228 valence electrons. The second-order valence-corrected chi connectivity index (χ2v) is 11.2. The van der Waals surface area contributed by atoms with Crippen molar-refractivity contribution in [3.05, 3.63) is 75.3 Å². The summed E-state index contributed by atoms with van der Waals surface area (Å²) in [6.07, 6.45) is 17.0. The first-order valence-corrected chi connectivity index (χ1v) is 15.6. The van der Waals surface area contributed by atoms with Gasteiger partial charge >= 0.3 is 0 Å². The van der Waals surface area contributed by atoms with Gasteiger partial charge in [0.15, 0.2) is 0 Å². The number of carbonyl (C=O) groups is 2. The monoisotopic (exact) mass is 578 g/mol. The summed E-state index contributed by atoms with van der Waals surface area (Å²) in [5.41, 5.74) is 0.833. The molecular formula is C34H46N2O6. The molecule has 42 heavy (non-hydrogen) atoms. The molecule has 2 aromatic rings. The Morgan fingerprint density at radius 2 is 1.31 bits per heavy atom. The van der Waals surface area contributed by atoms with Crippen LogP contribution in [-0.4, -0.2) is 40.3 Å². The molecule has 0 aliphatic carbocycles. The molecule has 1 fully saturated rings. The molecule has 1 saturated heterocycles. The Kier molecular flexibility index (Phi) is 13.5. The number of Topliss-reactive ketones (excluding diaryl/α,β-unsaturated/α-hetero) is 1. The van der Waals surface area contributed by atoms with E-state index in [1.54, 1.807) is 36.4 Å². The lowest BCUT2D eigenvalue weighted by atomic mass is 9.95. The fourth-order valence-corrected chi connectivity index (χ4v) is 5.62. The minimum atomic E-state index is -0.824. The Balaban J connectivity index is 1.59. The Bertz CT molecular complexity index is 1190. The number of nitro groups is 1. The Hall–Kier alpha value is -3.68. The number of likely N-dealkylation sites (tertiary alicyclic amines) is 1. The van der Waals surface area contributed by atoms with Crippen molar-refractivity contribution in [2.75, 3.05) is 13.7 Å². The molecule has 1 heterocycles. The third-order valence-electron chi connectivity index (χ3n) is 8.08. The summed E-state index contributed by atoms with van der Waals surface area (Å²) in [4.78, 5) is 38.6. The van der Waals surface area contributed by atoms with Crippen LogP contribution in [0, 0.1) is 10.1 Å². The summed E-state index contributed by atoms with van der Waals surface area (Å²) in [5, 5.41) is 22.4. The second-order valence-electron chi connectivity index (χ2n) is 11.2. The van der Waals surface area contributed by atoms with Crippen LogP contribution in [0.3, 0.4) is 0 Å². The highest BCUT2D eigenvalue weighted by atomic mass is 16.6. The number of ketones is 1. The summed E-state index contributed by atoms with van der Waals surface area (Å²) in [7, 11) is 1.53. The van der Waals surface area contributed by atoms with Gasteiger partial charge in [-0.1, -0.05) is 90.4 Å². The summed E-state index contributed by atoms with van der Waals surface area (Å²) in [6, 6.07) is 11.6. The molecule has 1 atom stereocenters. The first kappa shape index (κ1) is 32.8. The van der Waals surface area contributed by atoms with E-state index in [0.29, 0.717) is 23.4 Å². The number of aliphatic hydroxyl groups is 1. The number of carbonyl (C=O) groups excluding carboxylic acids is 2. The number of hydrogen-bond acceptors (Lipinski definition) is 6. The SMILES string of the molecule is CCCCCCCCCCCCCCCCN1C(=O)C(=O)/C(=C(/O)c2ccc(OC)cc2)[C@H]1c1ccc([N+](=O)[O-])cc1. The van der Waals surface area contributed by atoms with Crippen molar-refractivity contribution in [3.8, 4) is 5.75 Å². The Morgan fingerprint density at radius 1 is 0.810 bits per heavy atom. The quantitative estimate of drug-likeness (QED) is 0.0447. The fourth-order valence-electron chi connectivity index (χ4n) is 5.62. The minimum absolute atomic E-state index is 0.00983. The lowest BCUT2D eigenvalue weighted by Crippen LogP contribution is -2.30. The predicted octanol–water partition coefficient (Wildman–Crippen LogP) is 8.51. The van der Waals surface area contributed by atoms with Crippen molar-refractivity contribution in [2.45, 2.75) is 103 Å². The molecule has 1 aliphatic heterocycles. The summed E-state index contributed by atoms with van der Waals surface area (Å²) in [6.45, 7) is 2.61. The van der Waals surface area contributed by atoms with E-state index in [-0.39, 0.29) is 17.0 Å². The smallest absolute Gasteiger partial charge is 0.295 e. The van der Waals surface area contributed by atoms with Crippen molar-refractivity contribution in [2.24, 2.45) is 0 Å². The van der Waals surface area contributed by atoms with Crippen LogP contribution < -0.4 is 4.74 Å². The molecule has 1 N–H and O–H groups in total. The van der Waals surface area contributed by atoms with E-state index in [0.717, 1.165) is 25.7 Å². The number of rotatable bonds is 19. The van der Waals surface area contributed by atoms with Gasteiger partial charge in [-0.15, -0.1) is 0 Å². The van der Waals surface area contributed by atoms with Crippen molar-refractivity contribution < 1.29 is 24.4 Å². The molecule has 0 bridgehead atoms. The number of non-ortho nitro benzene ring substituents is 1. The molecule has 1 aliphatic rings. The number of aliphatic hydroxyl groups excluding tert-OH is 1. The van der Waals surface area contributed by atoms with E-state index in [4.69, 9.17) is 4.74 Å². The van der Waals surface area contributed by atoms with Gasteiger partial charge in [0.1, 0.15) is 11.5 Å². The summed E-state index contributed by atoms with van der Waals surface area (Å²) < 4.78 is 5.18. The van der Waals surface area contributed by atoms with Crippen LogP contribution in [0.15, 0.2) is 54.1 Å². The maximum absolute atomic E-state index is 13.2. The van der Waals surface area contributed by atoms with Gasteiger partial charge in [-0.3, -0.25) is 19.7 Å². The largest absolute Gasteiger partial charge is 0.507 e. The van der Waals surface area contributed by atoms with Crippen molar-refractivity contribution >= 4 is 23.1 Å². The van der Waals surface area contributed by atoms with E-state index < -0.39 is 22.7 Å². The van der Waals surface area contributed by atoms with Gasteiger partial charge in [-0.2, -0.15) is 0 Å². The number of nitro benzene ring substituents is 1. The average molecular weight is 579 g/mol. The van der Waals surface area contributed by atoms with Crippen LogP contribution in [0.4, 0.5) is 5.69 Å². The zero-order chi connectivity index (χ0) is 30.3. The number of unbranched alkanes of at least 4 members (excludes halogenated alkanes) is 13. The van der Waals surface area contributed by atoms with Crippen LogP contribution in [0.2, 0.25) is 0 Å². The first-order chi connectivity index (χ1) is 20.4. The number of amides is 1. The molecule has 0 unspecified atom stereocenters. The van der Waals surface area contributed by atoms with Gasteiger partial charge in [0.2, 0.25) is 0 Å². The fraction of sp³-hybridized carbons (Fsp3) is 0.529. The zero-order valence-electron chi connectivity index (χ0n) is 25.2. The second kappa shape index (κ2) is 17.3. The van der Waals surface area contributed by atoms with Gasteiger partial charge < -0.3 is 14.7 Å². The Morgan fingerprint density at radius 3 is 1.79 bits per heavy atom. The summed E-state index contributed by atoms with van der Waals surface area (Å²) >= 11 is 0. The third-order valence-corrected chi connectivity index (χ3v) is 8.08. The average Bonchev–Trinajstić information content (AvgIpc) is 3.26. The van der Waals surface area contributed by atoms with Crippen LogP contribution in [0.5, 0.6) is 5.75 Å². The van der Waals surface area contributed by atoms with Crippen molar-refractivity contribution in [1.82, 2.24) is 4.90 Å². The molecule has 1 amide bonds. The molecule has 8 nitrogen and oxygen atoms in total. The van der Waals surface area contributed by atoms with Gasteiger partial charge in [-0.05, 0) is 48.4 Å². The lowest BCUT2D eigenvalue weighted by Gasteiger charge is -2.25. The Labute approximate surface area is 249 Å². The molecule has 3 rings (SSSR count). The van der Waals surface area contributed by atoms with Gasteiger partial charge in [0, 0.05) is 24.2 Å². The zero-order valence-corrected chi connectivity index (χ0v) is 25.2. The minimum Gasteiger partial charge on any atom is -0.507 e. The normalized spacial score (nSPS) is 16.2. The van der Waals surface area contributed by atoms with E-state index in [1.807, 2.05) is 0 Å². The van der Waals surface area contributed by atoms with Gasteiger partial charge in [0.25, 0.3) is 17.4 Å².